The lowest BCUT2D eigenvalue weighted by atomic mass is 10.1. The van der Waals surface area contributed by atoms with Crippen LogP contribution in [-0.2, 0) is 9.59 Å². The molecule has 1 unspecified atom stereocenters. The van der Waals surface area contributed by atoms with Gasteiger partial charge in [0.25, 0.3) is 0 Å². The summed E-state index contributed by atoms with van der Waals surface area (Å²) in [6, 6.07) is 18.1. The third-order valence-corrected chi connectivity index (χ3v) is 6.18. The number of hydrogen-bond acceptors (Lipinski definition) is 6. The number of carbonyl (C=O) groups excluding carboxylic acids is 2. The number of pyridine rings is 1. The molecule has 2 amide bonds. The Kier molecular flexibility index (Phi) is 6.59. The van der Waals surface area contributed by atoms with E-state index in [-0.39, 0.29) is 17.3 Å². The van der Waals surface area contributed by atoms with E-state index in [1.807, 2.05) is 6.07 Å². The summed E-state index contributed by atoms with van der Waals surface area (Å²) in [5, 5.41) is 3.29. The molecule has 8 nitrogen and oxygen atoms in total. The third kappa shape index (κ3) is 4.63. The molecule has 0 spiro atoms. The van der Waals surface area contributed by atoms with Crippen molar-refractivity contribution in [1.29, 1.82) is 0 Å². The Morgan fingerprint density at radius 2 is 1.70 bits per heavy atom. The highest BCUT2D eigenvalue weighted by atomic mass is 19.1. The van der Waals surface area contributed by atoms with Crippen LogP contribution in [0.4, 0.5) is 15.8 Å². The molecule has 2 heterocycles. The maximum absolute atomic E-state index is 15.4. The first kappa shape index (κ1) is 24.1. The van der Waals surface area contributed by atoms with Crippen LogP contribution in [0.3, 0.4) is 0 Å². The summed E-state index contributed by atoms with van der Waals surface area (Å²) in [6.07, 6.45) is 1.94. The number of benzene rings is 3. The van der Waals surface area contributed by atoms with Gasteiger partial charge in [-0.15, -0.1) is 0 Å². The molecule has 1 saturated heterocycles. The number of aromatic nitrogens is 1. The average molecular weight is 502 g/mol. The van der Waals surface area contributed by atoms with E-state index in [2.05, 4.69) is 10.3 Å². The van der Waals surface area contributed by atoms with Gasteiger partial charge in [0, 0.05) is 35.9 Å². The number of halogens is 1. The van der Waals surface area contributed by atoms with Crippen LogP contribution in [0.5, 0.6) is 23.0 Å². The van der Waals surface area contributed by atoms with Crippen LogP contribution in [0.15, 0.2) is 72.9 Å². The quantitative estimate of drug-likeness (QED) is 0.359. The molecule has 5 rings (SSSR count). The number of nitrogens with zero attached hydrogens (tertiary/aromatic N) is 2. The second-order valence-corrected chi connectivity index (χ2v) is 8.39. The van der Waals surface area contributed by atoms with Crippen molar-refractivity contribution in [2.75, 3.05) is 25.7 Å². The Bertz CT molecular complexity index is 1480. The van der Waals surface area contributed by atoms with Crippen molar-refractivity contribution in [1.82, 2.24) is 10.3 Å². The minimum atomic E-state index is -0.839. The Morgan fingerprint density at radius 3 is 2.38 bits per heavy atom. The Balaban J connectivity index is 1.50. The number of fused-ring (bicyclic) bond motifs is 1. The maximum Gasteiger partial charge on any atom is 0.244 e. The predicted molar refractivity (Wildman–Crippen MR) is 136 cm³/mol. The first-order valence-electron chi connectivity index (χ1n) is 11.6. The minimum absolute atomic E-state index is 0.0369. The molecular weight excluding hydrogens is 477 g/mol. The number of anilines is 2. The molecule has 1 aliphatic heterocycles. The minimum Gasteiger partial charge on any atom is -0.493 e. The zero-order chi connectivity index (χ0) is 25.9. The van der Waals surface area contributed by atoms with Gasteiger partial charge in [-0.25, -0.2) is 4.39 Å². The van der Waals surface area contributed by atoms with Crippen LogP contribution in [0.2, 0.25) is 0 Å². The van der Waals surface area contributed by atoms with Gasteiger partial charge in [0.2, 0.25) is 11.8 Å². The van der Waals surface area contributed by atoms with Gasteiger partial charge in [-0.1, -0.05) is 18.2 Å². The number of amides is 2. The summed E-state index contributed by atoms with van der Waals surface area (Å²) in [4.78, 5) is 31.3. The molecule has 0 radical (unpaired) electrons. The monoisotopic (exact) mass is 501 g/mol. The Hall–Kier alpha value is -4.66. The number of hydrogen-bond donors (Lipinski definition) is 1. The van der Waals surface area contributed by atoms with Gasteiger partial charge >= 0.3 is 0 Å². The van der Waals surface area contributed by atoms with E-state index in [1.54, 1.807) is 54.7 Å². The largest absolute Gasteiger partial charge is 0.493 e. The molecule has 3 aromatic carbocycles. The molecule has 0 saturated carbocycles. The lowest BCUT2D eigenvalue weighted by Gasteiger charge is -2.25. The van der Waals surface area contributed by atoms with Crippen LogP contribution < -0.4 is 24.4 Å². The average Bonchev–Trinajstić information content (AvgIpc) is 3.36. The molecule has 0 bridgehead atoms. The zero-order valence-corrected chi connectivity index (χ0v) is 20.2. The number of nitrogens with one attached hydrogen (secondary N) is 1. The maximum atomic E-state index is 15.4. The van der Waals surface area contributed by atoms with Crippen LogP contribution >= 0.6 is 0 Å². The fourth-order valence-electron chi connectivity index (χ4n) is 4.33. The Labute approximate surface area is 212 Å². The molecule has 0 aliphatic carbocycles. The smallest absolute Gasteiger partial charge is 0.244 e. The summed E-state index contributed by atoms with van der Waals surface area (Å²) >= 11 is 0. The molecule has 1 aliphatic rings. The standard InChI is InChI=1S/C28H24FN3O5/c1-35-25-15-20-22(16-26(25)36-2)30-13-11-23(20)37-24-9-8-18(14-21(24)29)32(17-6-4-3-5-7-17)28(34)19-10-12-31-27(19)33/h3-9,11,13-16,19H,10,12H2,1-2H3,(H,31,33). The fraction of sp³-hybridized carbons (Fsp3) is 0.179. The molecule has 4 aromatic rings. The molecule has 1 fully saturated rings. The van der Waals surface area contributed by atoms with Gasteiger partial charge in [-0.05, 0) is 42.8 Å². The molecule has 9 heteroatoms. The highest BCUT2D eigenvalue weighted by Gasteiger charge is 2.35. The molecule has 1 atom stereocenters. The van der Waals surface area contributed by atoms with E-state index in [0.29, 0.717) is 46.8 Å². The first-order valence-corrected chi connectivity index (χ1v) is 11.6. The third-order valence-electron chi connectivity index (χ3n) is 6.18. The van der Waals surface area contributed by atoms with Crippen LogP contribution in [0, 0.1) is 11.7 Å². The lowest BCUT2D eigenvalue weighted by Crippen LogP contribution is -2.36. The second kappa shape index (κ2) is 10.1. The van der Waals surface area contributed by atoms with E-state index in [0.717, 1.165) is 0 Å². The van der Waals surface area contributed by atoms with Gasteiger partial charge in [0.15, 0.2) is 23.1 Å². The second-order valence-electron chi connectivity index (χ2n) is 8.39. The summed E-state index contributed by atoms with van der Waals surface area (Å²) in [7, 11) is 3.05. The number of carbonyl (C=O) groups is 2. The molecule has 188 valence electrons. The van der Waals surface area contributed by atoms with E-state index in [1.165, 1.54) is 31.3 Å². The van der Waals surface area contributed by atoms with E-state index < -0.39 is 17.6 Å². The van der Waals surface area contributed by atoms with Crippen molar-refractivity contribution in [2.24, 2.45) is 5.92 Å². The van der Waals surface area contributed by atoms with Crippen molar-refractivity contribution in [3.63, 3.8) is 0 Å². The van der Waals surface area contributed by atoms with E-state index >= 15 is 4.39 Å². The van der Waals surface area contributed by atoms with Crippen molar-refractivity contribution >= 4 is 34.1 Å². The van der Waals surface area contributed by atoms with E-state index in [9.17, 15) is 9.59 Å². The predicted octanol–water partition coefficient (Wildman–Crippen LogP) is 4.98. The fourth-order valence-corrected chi connectivity index (χ4v) is 4.33. The number of rotatable bonds is 7. The van der Waals surface area contributed by atoms with Gasteiger partial charge < -0.3 is 19.5 Å². The highest BCUT2D eigenvalue weighted by Crippen LogP contribution is 2.38. The van der Waals surface area contributed by atoms with Crippen molar-refractivity contribution in [3.8, 4) is 23.0 Å². The topological polar surface area (TPSA) is 90.0 Å². The summed E-state index contributed by atoms with van der Waals surface area (Å²) in [5.74, 6) is -0.935. The first-order chi connectivity index (χ1) is 18.0. The molecular formula is C28H24FN3O5. The SMILES string of the molecule is COc1cc2nccc(Oc3ccc(N(C(=O)C4CCNC4=O)c4ccccc4)cc3F)c2cc1OC. The summed E-state index contributed by atoms with van der Waals surface area (Å²) in [6.45, 7) is 0.426. The molecule has 1 aromatic heterocycles. The molecule has 1 N–H and O–H groups in total. The lowest BCUT2D eigenvalue weighted by molar-refractivity contribution is -0.131. The van der Waals surface area contributed by atoms with Crippen LogP contribution in [0.1, 0.15) is 6.42 Å². The zero-order valence-electron chi connectivity index (χ0n) is 20.2. The van der Waals surface area contributed by atoms with Gasteiger partial charge in [-0.3, -0.25) is 19.5 Å². The summed E-state index contributed by atoms with van der Waals surface area (Å²) < 4.78 is 32.0. The van der Waals surface area contributed by atoms with Crippen LogP contribution in [-0.4, -0.2) is 37.6 Å². The van der Waals surface area contributed by atoms with E-state index in [4.69, 9.17) is 14.2 Å². The highest BCUT2D eigenvalue weighted by molar-refractivity contribution is 6.12. The normalized spacial score (nSPS) is 14.8. The van der Waals surface area contributed by atoms with Gasteiger partial charge in [0.1, 0.15) is 11.7 Å². The van der Waals surface area contributed by atoms with Crippen molar-refractivity contribution in [2.45, 2.75) is 6.42 Å². The molecule has 37 heavy (non-hydrogen) atoms. The van der Waals surface area contributed by atoms with Crippen molar-refractivity contribution < 1.29 is 28.2 Å². The van der Waals surface area contributed by atoms with Gasteiger partial charge in [0.05, 0.1) is 25.4 Å². The number of ether oxygens (including phenoxy) is 3. The number of methoxy groups -OCH3 is 2. The Morgan fingerprint density at radius 1 is 0.946 bits per heavy atom. The van der Waals surface area contributed by atoms with Crippen molar-refractivity contribution in [3.05, 3.63) is 78.7 Å². The van der Waals surface area contributed by atoms with Gasteiger partial charge in [-0.2, -0.15) is 0 Å². The number of para-hydroxylation sites is 1. The van der Waals surface area contributed by atoms with Crippen LogP contribution in [0.25, 0.3) is 10.9 Å². The summed E-state index contributed by atoms with van der Waals surface area (Å²) in [5.41, 5.74) is 1.40.